The number of carbonyl (C=O) groups is 2. The van der Waals surface area contributed by atoms with Gasteiger partial charge in [0.2, 0.25) is 5.88 Å². The smallest absolute Gasteiger partial charge is 0.335 e. The van der Waals surface area contributed by atoms with Crippen LogP contribution in [0, 0.1) is 17.8 Å². The first-order valence-corrected chi connectivity index (χ1v) is 11.9. The highest BCUT2D eigenvalue weighted by Crippen LogP contribution is 2.27. The average molecular weight is 496 g/mol. The van der Waals surface area contributed by atoms with Crippen LogP contribution >= 0.6 is 0 Å². The number of ether oxygens (including phenoxy) is 1. The maximum Gasteiger partial charge on any atom is 0.335 e. The van der Waals surface area contributed by atoms with Crippen LogP contribution in [0.2, 0.25) is 0 Å². The van der Waals surface area contributed by atoms with E-state index in [1.165, 1.54) is 6.20 Å². The molecular weight excluding hydrogens is 462 g/mol. The highest BCUT2D eigenvalue weighted by atomic mass is 16.5. The van der Waals surface area contributed by atoms with E-state index < -0.39 is 18.1 Å². The van der Waals surface area contributed by atoms with Crippen LogP contribution in [0.15, 0.2) is 36.5 Å². The van der Waals surface area contributed by atoms with E-state index in [9.17, 15) is 24.9 Å². The number of carbonyl (C=O) groups excluding carboxylic acids is 1. The summed E-state index contributed by atoms with van der Waals surface area (Å²) in [5.74, 6) is 4.29. The number of aromatic carboxylic acids is 1. The quantitative estimate of drug-likeness (QED) is 0.498. The second kappa shape index (κ2) is 12.0. The Morgan fingerprint density at radius 3 is 2.75 bits per heavy atom. The van der Waals surface area contributed by atoms with E-state index in [-0.39, 0.29) is 41.5 Å². The number of carboxylic acid groups (broad SMARTS) is 1. The molecule has 192 valence electrons. The van der Waals surface area contributed by atoms with E-state index in [0.717, 1.165) is 5.56 Å². The molecular formula is C27H33N3O6. The second-order valence-corrected chi connectivity index (χ2v) is 9.35. The Labute approximate surface area is 211 Å². The number of aliphatic hydroxyl groups excluding tert-OH is 2. The van der Waals surface area contributed by atoms with Crippen molar-refractivity contribution in [1.29, 1.82) is 0 Å². The molecule has 36 heavy (non-hydrogen) atoms. The summed E-state index contributed by atoms with van der Waals surface area (Å²) in [6.07, 6.45) is 0.354. The fraction of sp³-hybridized carbons (Fsp3) is 0.444. The molecule has 9 nitrogen and oxygen atoms in total. The Balaban J connectivity index is 1.89. The third kappa shape index (κ3) is 6.82. The summed E-state index contributed by atoms with van der Waals surface area (Å²) < 4.78 is 6.28. The molecule has 1 aliphatic rings. The summed E-state index contributed by atoms with van der Waals surface area (Å²) in [7, 11) is 1.92. The molecule has 0 aliphatic carbocycles. The van der Waals surface area contributed by atoms with Gasteiger partial charge in [0.15, 0.2) is 0 Å². The highest BCUT2D eigenvalue weighted by Gasteiger charge is 2.34. The number of hydrogen-bond donors (Lipinski definition) is 3. The number of likely N-dealkylation sites (N-methyl/N-ethyl adjacent to an activating group) is 1. The molecule has 1 aromatic heterocycles. The number of benzene rings is 1. The summed E-state index contributed by atoms with van der Waals surface area (Å²) in [5.41, 5.74) is 1.82. The SMILES string of the molecule is C[C@@H]1CN([C@H](C)CO)C(=O)c2cc(C#C[C@@H](C)O)cnc2O[C@H]1CN(C)Cc1cccc(C(=O)O)c1. The Kier molecular flexibility index (Phi) is 9.04. The zero-order valence-corrected chi connectivity index (χ0v) is 21.0. The third-order valence-corrected chi connectivity index (χ3v) is 6.06. The molecule has 2 aromatic rings. The predicted octanol–water partition coefficient (Wildman–Crippen LogP) is 1.86. The lowest BCUT2D eigenvalue weighted by Crippen LogP contribution is -2.49. The minimum Gasteiger partial charge on any atom is -0.478 e. The molecule has 4 atom stereocenters. The maximum atomic E-state index is 13.4. The Hall–Kier alpha value is -3.45. The van der Waals surface area contributed by atoms with Crippen LogP contribution in [0.5, 0.6) is 5.88 Å². The van der Waals surface area contributed by atoms with Gasteiger partial charge >= 0.3 is 5.97 Å². The first-order valence-electron chi connectivity index (χ1n) is 11.9. The van der Waals surface area contributed by atoms with E-state index in [1.807, 2.05) is 24.9 Å². The van der Waals surface area contributed by atoms with Gasteiger partial charge < -0.3 is 25.0 Å². The van der Waals surface area contributed by atoms with Gasteiger partial charge in [-0.2, -0.15) is 0 Å². The summed E-state index contributed by atoms with van der Waals surface area (Å²) in [6, 6.07) is 8.00. The van der Waals surface area contributed by atoms with Crippen molar-refractivity contribution in [3.8, 4) is 17.7 Å². The Bertz CT molecular complexity index is 1160. The lowest BCUT2D eigenvalue weighted by atomic mass is 9.99. The third-order valence-electron chi connectivity index (χ3n) is 6.06. The molecule has 0 fully saturated rings. The number of rotatable bonds is 7. The standard InChI is InChI=1S/C27H33N3O6/c1-17-13-30(18(2)16-31)26(33)23-11-20(9-8-19(3)32)12-28-25(23)36-24(17)15-29(4)14-21-6-5-7-22(10-21)27(34)35/h5-7,10-12,17-19,24,31-32H,13-16H2,1-4H3,(H,34,35)/t17-,18-,19-,24+/m1/s1. The number of pyridine rings is 1. The van der Waals surface area contributed by atoms with Gasteiger partial charge in [0, 0.05) is 37.3 Å². The van der Waals surface area contributed by atoms with Crippen molar-refractivity contribution in [2.45, 2.75) is 45.6 Å². The van der Waals surface area contributed by atoms with E-state index in [2.05, 4.69) is 16.8 Å². The lowest BCUT2D eigenvalue weighted by Gasteiger charge is -2.37. The number of aliphatic hydroxyl groups is 2. The molecule has 1 aromatic carbocycles. The summed E-state index contributed by atoms with van der Waals surface area (Å²) >= 11 is 0. The molecule has 1 amide bonds. The molecule has 9 heteroatoms. The van der Waals surface area contributed by atoms with Crippen LogP contribution < -0.4 is 4.74 Å². The number of fused-ring (bicyclic) bond motifs is 1. The van der Waals surface area contributed by atoms with E-state index in [0.29, 0.717) is 25.2 Å². The van der Waals surface area contributed by atoms with Gasteiger partial charge in [-0.1, -0.05) is 30.9 Å². The molecule has 0 unspecified atom stereocenters. The largest absolute Gasteiger partial charge is 0.478 e. The van der Waals surface area contributed by atoms with Gasteiger partial charge in [0.25, 0.3) is 5.91 Å². The van der Waals surface area contributed by atoms with Crippen LogP contribution in [-0.2, 0) is 6.54 Å². The molecule has 0 saturated carbocycles. The van der Waals surface area contributed by atoms with Crippen molar-refractivity contribution in [2.75, 3.05) is 26.7 Å². The fourth-order valence-corrected chi connectivity index (χ4v) is 4.06. The van der Waals surface area contributed by atoms with Gasteiger partial charge in [0.1, 0.15) is 17.8 Å². The molecule has 0 saturated heterocycles. The van der Waals surface area contributed by atoms with Crippen molar-refractivity contribution in [3.63, 3.8) is 0 Å². The van der Waals surface area contributed by atoms with Crippen molar-refractivity contribution in [1.82, 2.24) is 14.8 Å². The zero-order chi connectivity index (χ0) is 26.4. The van der Waals surface area contributed by atoms with Gasteiger partial charge in [-0.25, -0.2) is 9.78 Å². The van der Waals surface area contributed by atoms with Crippen molar-refractivity contribution in [3.05, 3.63) is 58.8 Å². The summed E-state index contributed by atoms with van der Waals surface area (Å²) in [5, 5.41) is 28.5. The normalized spacial score (nSPS) is 19.3. The topological polar surface area (TPSA) is 123 Å². The summed E-state index contributed by atoms with van der Waals surface area (Å²) in [6.45, 7) is 6.52. The summed E-state index contributed by atoms with van der Waals surface area (Å²) in [4.78, 5) is 32.8. The van der Waals surface area contributed by atoms with Crippen LogP contribution in [0.3, 0.4) is 0 Å². The van der Waals surface area contributed by atoms with Crippen molar-refractivity contribution < 1.29 is 29.6 Å². The van der Waals surface area contributed by atoms with Crippen LogP contribution in [0.4, 0.5) is 0 Å². The van der Waals surface area contributed by atoms with Gasteiger partial charge in [-0.15, -0.1) is 0 Å². The lowest BCUT2D eigenvalue weighted by molar-refractivity contribution is 0.0324. The molecule has 0 radical (unpaired) electrons. The van der Waals surface area contributed by atoms with Gasteiger partial charge in [0.05, 0.1) is 18.2 Å². The molecule has 3 N–H and O–H groups in total. The minimum absolute atomic E-state index is 0.0830. The van der Waals surface area contributed by atoms with Gasteiger partial charge in [-0.3, -0.25) is 9.69 Å². The Morgan fingerprint density at radius 2 is 2.08 bits per heavy atom. The monoisotopic (exact) mass is 495 g/mol. The molecule has 1 aliphatic heterocycles. The maximum absolute atomic E-state index is 13.4. The van der Waals surface area contributed by atoms with Crippen molar-refractivity contribution >= 4 is 11.9 Å². The van der Waals surface area contributed by atoms with E-state index in [1.54, 1.807) is 43.0 Å². The molecule has 3 rings (SSSR count). The van der Waals surface area contributed by atoms with Crippen LogP contribution in [-0.4, -0.2) is 87.0 Å². The first-order chi connectivity index (χ1) is 17.1. The van der Waals surface area contributed by atoms with Crippen LogP contribution in [0.1, 0.15) is 52.6 Å². The van der Waals surface area contributed by atoms with Gasteiger partial charge in [-0.05, 0) is 44.7 Å². The highest BCUT2D eigenvalue weighted by molar-refractivity contribution is 5.97. The molecule has 0 spiro atoms. The predicted molar refractivity (Wildman–Crippen MR) is 134 cm³/mol. The number of nitrogens with zero attached hydrogens (tertiary/aromatic N) is 3. The minimum atomic E-state index is -0.973. The first kappa shape index (κ1) is 27.1. The molecule has 2 heterocycles. The van der Waals surface area contributed by atoms with E-state index in [4.69, 9.17) is 4.74 Å². The number of amides is 1. The second-order valence-electron chi connectivity index (χ2n) is 9.35. The average Bonchev–Trinajstić information content (AvgIpc) is 2.84. The molecule has 0 bridgehead atoms. The number of carboxylic acids is 1. The van der Waals surface area contributed by atoms with E-state index >= 15 is 0 Å². The van der Waals surface area contributed by atoms with Crippen molar-refractivity contribution in [2.24, 2.45) is 5.92 Å². The zero-order valence-electron chi connectivity index (χ0n) is 21.0. The van der Waals surface area contributed by atoms with Crippen LogP contribution in [0.25, 0.3) is 0 Å². The Morgan fingerprint density at radius 1 is 1.33 bits per heavy atom. The number of aromatic nitrogens is 1. The number of hydrogen-bond acceptors (Lipinski definition) is 7. The fourth-order valence-electron chi connectivity index (χ4n) is 4.06.